The highest BCUT2D eigenvalue weighted by Crippen LogP contribution is 2.33. The van der Waals surface area contributed by atoms with E-state index >= 15 is 0 Å². The number of benzene rings is 1. The first-order valence-corrected chi connectivity index (χ1v) is 8.11. The van der Waals surface area contributed by atoms with E-state index in [9.17, 15) is 18.3 Å². The smallest absolute Gasteiger partial charge is 0.336 e. The number of aliphatic hydroxyl groups excluding tert-OH is 1. The van der Waals surface area contributed by atoms with Gasteiger partial charge in [0.1, 0.15) is 5.58 Å². The summed E-state index contributed by atoms with van der Waals surface area (Å²) < 4.78 is 32.3. The van der Waals surface area contributed by atoms with Crippen molar-refractivity contribution >= 4 is 21.0 Å². The molecular weight excluding hydrogens is 294 g/mol. The summed E-state index contributed by atoms with van der Waals surface area (Å²) >= 11 is 0. The first kappa shape index (κ1) is 14.2. The molecule has 2 N–H and O–H groups in total. The van der Waals surface area contributed by atoms with Crippen LogP contribution in [0.3, 0.4) is 0 Å². The highest BCUT2D eigenvalue weighted by atomic mass is 32.2. The van der Waals surface area contributed by atoms with Gasteiger partial charge in [-0.3, -0.25) is 0 Å². The minimum Gasteiger partial charge on any atom is -0.423 e. The Morgan fingerprint density at radius 2 is 2.00 bits per heavy atom. The Bertz CT molecular complexity index is 830. The van der Waals surface area contributed by atoms with Gasteiger partial charge in [0.25, 0.3) is 0 Å². The molecular formula is C14H15NO5S. The van der Waals surface area contributed by atoms with Crippen molar-refractivity contribution in [3.63, 3.8) is 0 Å². The summed E-state index contributed by atoms with van der Waals surface area (Å²) in [6, 6.07) is 7.05. The third-order valence-electron chi connectivity index (χ3n) is 3.87. The van der Waals surface area contributed by atoms with Crippen LogP contribution in [-0.2, 0) is 10.0 Å². The molecule has 21 heavy (non-hydrogen) atoms. The van der Waals surface area contributed by atoms with Crippen molar-refractivity contribution in [1.82, 2.24) is 4.72 Å². The van der Waals surface area contributed by atoms with Crippen LogP contribution in [0.4, 0.5) is 0 Å². The van der Waals surface area contributed by atoms with E-state index in [-0.39, 0.29) is 11.5 Å². The Hall–Kier alpha value is -1.70. The molecule has 0 spiro atoms. The molecule has 0 atom stereocenters. The molecule has 1 aliphatic rings. The Labute approximate surface area is 121 Å². The van der Waals surface area contributed by atoms with E-state index in [4.69, 9.17) is 4.42 Å². The molecule has 0 amide bonds. The molecule has 1 saturated carbocycles. The highest BCUT2D eigenvalue weighted by Gasteiger charge is 2.40. The van der Waals surface area contributed by atoms with Gasteiger partial charge in [0, 0.05) is 11.5 Å². The molecule has 0 saturated heterocycles. The molecule has 1 aromatic heterocycles. The minimum atomic E-state index is -3.72. The maximum atomic E-state index is 12.4. The number of fused-ring (bicyclic) bond motifs is 1. The van der Waals surface area contributed by atoms with Gasteiger partial charge >= 0.3 is 5.63 Å². The summed E-state index contributed by atoms with van der Waals surface area (Å²) in [4.78, 5) is 11.2. The summed E-state index contributed by atoms with van der Waals surface area (Å²) in [5.41, 5.74) is -0.885. The number of aliphatic hydroxyl groups is 1. The molecule has 2 aromatic rings. The maximum Gasteiger partial charge on any atom is 0.336 e. The number of nitrogens with one attached hydrogen (secondary N) is 1. The standard InChI is InChI=1S/C14H15NO5S/c16-9-14(6-1-7-14)15-21(18,19)11-3-4-12-10(8-11)2-5-13(17)20-12/h2-5,8,15-16H,1,6-7,9H2. The SMILES string of the molecule is O=c1ccc2cc(S(=O)(=O)NC3(CO)CCC3)ccc2o1. The van der Waals surface area contributed by atoms with Gasteiger partial charge < -0.3 is 9.52 Å². The zero-order chi connectivity index (χ0) is 15.1. The van der Waals surface area contributed by atoms with Gasteiger partial charge in [-0.25, -0.2) is 17.9 Å². The second-order valence-electron chi connectivity index (χ2n) is 5.35. The molecule has 1 heterocycles. The molecule has 7 heteroatoms. The average Bonchev–Trinajstić information content (AvgIpc) is 2.42. The third kappa shape index (κ3) is 2.59. The van der Waals surface area contributed by atoms with E-state index in [0.717, 1.165) is 6.42 Å². The molecule has 0 aliphatic heterocycles. The van der Waals surface area contributed by atoms with Crippen LogP contribution in [0, 0.1) is 0 Å². The Kier molecular flexibility index (Phi) is 3.35. The molecule has 0 unspecified atom stereocenters. The lowest BCUT2D eigenvalue weighted by Gasteiger charge is -2.40. The van der Waals surface area contributed by atoms with E-state index < -0.39 is 21.2 Å². The van der Waals surface area contributed by atoms with Crippen molar-refractivity contribution in [2.75, 3.05) is 6.61 Å². The van der Waals surface area contributed by atoms with E-state index in [2.05, 4.69) is 4.72 Å². The van der Waals surface area contributed by atoms with Crippen LogP contribution in [0.25, 0.3) is 11.0 Å². The van der Waals surface area contributed by atoms with E-state index in [1.807, 2.05) is 0 Å². The highest BCUT2D eigenvalue weighted by molar-refractivity contribution is 7.89. The molecule has 3 rings (SSSR count). The minimum absolute atomic E-state index is 0.0866. The first-order chi connectivity index (χ1) is 9.94. The van der Waals surface area contributed by atoms with Crippen LogP contribution in [0.15, 0.2) is 44.4 Å². The fourth-order valence-electron chi connectivity index (χ4n) is 2.46. The maximum absolute atomic E-state index is 12.4. The normalized spacial score (nSPS) is 17.6. The Balaban J connectivity index is 1.99. The van der Waals surface area contributed by atoms with Crippen molar-refractivity contribution in [1.29, 1.82) is 0 Å². The van der Waals surface area contributed by atoms with Crippen LogP contribution >= 0.6 is 0 Å². The van der Waals surface area contributed by atoms with Crippen molar-refractivity contribution < 1.29 is 17.9 Å². The van der Waals surface area contributed by atoms with Crippen LogP contribution in [0.2, 0.25) is 0 Å². The summed E-state index contributed by atoms with van der Waals surface area (Å²) in [5, 5.41) is 9.90. The molecule has 1 fully saturated rings. The lowest BCUT2D eigenvalue weighted by molar-refractivity contribution is 0.110. The molecule has 0 radical (unpaired) electrons. The monoisotopic (exact) mass is 309 g/mol. The van der Waals surface area contributed by atoms with Crippen LogP contribution in [-0.4, -0.2) is 25.7 Å². The predicted molar refractivity (Wildman–Crippen MR) is 76.5 cm³/mol. The molecule has 0 bridgehead atoms. The number of hydrogen-bond donors (Lipinski definition) is 2. The lowest BCUT2D eigenvalue weighted by Crippen LogP contribution is -2.55. The fourth-order valence-corrected chi connectivity index (χ4v) is 3.94. The van der Waals surface area contributed by atoms with Crippen LogP contribution in [0.5, 0.6) is 0 Å². The fraction of sp³-hybridized carbons (Fsp3) is 0.357. The Morgan fingerprint density at radius 3 is 2.62 bits per heavy atom. The largest absolute Gasteiger partial charge is 0.423 e. The molecule has 112 valence electrons. The number of sulfonamides is 1. The summed E-state index contributed by atoms with van der Waals surface area (Å²) in [6.45, 7) is -0.214. The molecule has 1 aromatic carbocycles. The molecule has 1 aliphatic carbocycles. The third-order valence-corrected chi connectivity index (χ3v) is 5.44. The van der Waals surface area contributed by atoms with Crippen LogP contribution < -0.4 is 10.3 Å². The van der Waals surface area contributed by atoms with Crippen molar-refractivity contribution in [2.24, 2.45) is 0 Å². The van der Waals surface area contributed by atoms with Gasteiger partial charge in [0.05, 0.1) is 17.0 Å². The van der Waals surface area contributed by atoms with Gasteiger partial charge in [-0.1, -0.05) is 0 Å². The summed E-state index contributed by atoms with van der Waals surface area (Å²) in [5.74, 6) is 0. The van der Waals surface area contributed by atoms with Gasteiger partial charge in [0.2, 0.25) is 10.0 Å². The quantitative estimate of drug-likeness (QED) is 0.821. The van der Waals surface area contributed by atoms with E-state index in [0.29, 0.717) is 23.8 Å². The van der Waals surface area contributed by atoms with Gasteiger partial charge in [-0.05, 0) is 43.5 Å². The molecule has 6 nitrogen and oxygen atoms in total. The van der Waals surface area contributed by atoms with E-state index in [1.165, 1.54) is 30.3 Å². The Morgan fingerprint density at radius 1 is 1.24 bits per heavy atom. The first-order valence-electron chi connectivity index (χ1n) is 6.63. The van der Waals surface area contributed by atoms with Crippen molar-refractivity contribution in [3.8, 4) is 0 Å². The second-order valence-corrected chi connectivity index (χ2v) is 7.03. The zero-order valence-corrected chi connectivity index (χ0v) is 12.0. The summed E-state index contributed by atoms with van der Waals surface area (Å²) in [7, 11) is -3.72. The number of rotatable bonds is 4. The second kappa shape index (κ2) is 4.94. The van der Waals surface area contributed by atoms with E-state index in [1.54, 1.807) is 0 Å². The topological polar surface area (TPSA) is 96.6 Å². The van der Waals surface area contributed by atoms with Gasteiger partial charge in [0.15, 0.2) is 0 Å². The summed E-state index contributed by atoms with van der Waals surface area (Å²) in [6.07, 6.45) is 2.16. The average molecular weight is 309 g/mol. The van der Waals surface area contributed by atoms with Crippen molar-refractivity contribution in [2.45, 2.75) is 29.7 Å². The van der Waals surface area contributed by atoms with Crippen LogP contribution in [0.1, 0.15) is 19.3 Å². The number of hydrogen-bond acceptors (Lipinski definition) is 5. The van der Waals surface area contributed by atoms with Gasteiger partial charge in [-0.15, -0.1) is 0 Å². The lowest BCUT2D eigenvalue weighted by atomic mass is 9.78. The predicted octanol–water partition coefficient (Wildman–Crippen LogP) is 0.986. The van der Waals surface area contributed by atoms with Gasteiger partial charge in [-0.2, -0.15) is 0 Å². The zero-order valence-electron chi connectivity index (χ0n) is 11.2. The van der Waals surface area contributed by atoms with Crippen molar-refractivity contribution in [3.05, 3.63) is 40.8 Å².